The summed E-state index contributed by atoms with van der Waals surface area (Å²) in [5.74, 6) is 0. The molecule has 0 aliphatic rings. The van der Waals surface area contributed by atoms with E-state index in [0.29, 0.717) is 0 Å². The molecule has 0 amide bonds. The van der Waals surface area contributed by atoms with Crippen LogP contribution < -0.4 is 11.1 Å². The number of hydrogen-bond donors (Lipinski definition) is 2. The van der Waals surface area contributed by atoms with Gasteiger partial charge in [-0.1, -0.05) is 0 Å². The molecule has 0 aliphatic carbocycles. The molecule has 2 heterocycles. The number of H-pyrrole nitrogens is 2. The van der Waals surface area contributed by atoms with Crippen LogP contribution in [-0.2, 0) is 0 Å². The van der Waals surface area contributed by atoms with E-state index >= 15 is 0 Å². The van der Waals surface area contributed by atoms with Gasteiger partial charge in [-0.2, -0.15) is 8.75 Å². The quantitative estimate of drug-likeness (QED) is 0.765. The molecule has 0 unspecified atom stereocenters. The molecule has 0 saturated carbocycles. The molecule has 0 saturated heterocycles. The first-order valence-electron chi connectivity index (χ1n) is 3.54. The first kappa shape index (κ1) is 9.03. The van der Waals surface area contributed by atoms with Crippen LogP contribution >= 0.6 is 23.5 Å². The molecule has 72 valence electrons. The Morgan fingerprint density at radius 2 is 1.36 bits per heavy atom. The zero-order valence-corrected chi connectivity index (χ0v) is 8.32. The molecule has 0 bridgehead atoms. The lowest BCUT2D eigenvalue weighted by molar-refractivity contribution is 1.35. The van der Waals surface area contributed by atoms with Gasteiger partial charge in [0, 0.05) is 23.5 Å². The van der Waals surface area contributed by atoms with Crippen molar-refractivity contribution in [1.29, 1.82) is 0 Å². The average Bonchev–Trinajstić information content (AvgIpc) is 2.72. The lowest BCUT2D eigenvalue weighted by Gasteiger charge is -1.77. The van der Waals surface area contributed by atoms with Gasteiger partial charge >= 0.3 is 0 Å². The summed E-state index contributed by atoms with van der Waals surface area (Å²) >= 11 is 1.93. The predicted octanol–water partition coefficient (Wildman–Crippen LogP) is 0.147. The van der Waals surface area contributed by atoms with Gasteiger partial charge in [0.2, 0.25) is 0 Å². The minimum atomic E-state index is -0.266. The van der Waals surface area contributed by atoms with Crippen molar-refractivity contribution in [1.82, 2.24) is 17.5 Å². The normalized spacial score (nSPS) is 11.1. The molecule has 0 spiro atoms. The monoisotopic (exact) mass is 228 g/mol. The first-order chi connectivity index (χ1) is 6.77. The van der Waals surface area contributed by atoms with Crippen LogP contribution in [0.1, 0.15) is 11.4 Å². The number of aromatic amines is 2. The van der Waals surface area contributed by atoms with Gasteiger partial charge in [-0.15, -0.1) is 0 Å². The molecule has 6 nitrogen and oxygen atoms in total. The Labute approximate surface area is 85.6 Å². The fourth-order valence-electron chi connectivity index (χ4n) is 0.784. The van der Waals surface area contributed by atoms with Gasteiger partial charge < -0.3 is 0 Å². The van der Waals surface area contributed by atoms with E-state index in [4.69, 9.17) is 0 Å². The van der Waals surface area contributed by atoms with Crippen LogP contribution in [0, 0.1) is 0 Å². The van der Waals surface area contributed by atoms with Crippen LogP contribution in [0.2, 0.25) is 0 Å². The number of nitrogens with one attached hydrogen (secondary N) is 2. The SMILES string of the molecule is O=c1[nH]snc1/C=C/c1ns[nH]c1=O. The third-order valence-electron chi connectivity index (χ3n) is 1.43. The highest BCUT2D eigenvalue weighted by atomic mass is 32.1. The van der Waals surface area contributed by atoms with Gasteiger partial charge in [-0.05, 0) is 12.2 Å². The van der Waals surface area contributed by atoms with E-state index in [9.17, 15) is 9.59 Å². The van der Waals surface area contributed by atoms with Crippen molar-refractivity contribution >= 4 is 35.6 Å². The van der Waals surface area contributed by atoms with Crippen LogP contribution in [0.5, 0.6) is 0 Å². The summed E-state index contributed by atoms with van der Waals surface area (Å²) in [6.07, 6.45) is 2.92. The molecule has 0 aromatic carbocycles. The third-order valence-corrected chi connectivity index (χ3v) is 2.56. The van der Waals surface area contributed by atoms with E-state index in [0.717, 1.165) is 23.5 Å². The lowest BCUT2D eigenvalue weighted by atomic mass is 10.3. The highest BCUT2D eigenvalue weighted by molar-refractivity contribution is 6.99. The smallest absolute Gasteiger partial charge is 0.266 e. The minimum absolute atomic E-state index is 0.266. The predicted molar refractivity (Wildman–Crippen MR) is 54.4 cm³/mol. The van der Waals surface area contributed by atoms with Crippen LogP contribution in [0.15, 0.2) is 9.59 Å². The lowest BCUT2D eigenvalue weighted by Crippen LogP contribution is -2.03. The summed E-state index contributed by atoms with van der Waals surface area (Å²) in [6, 6.07) is 0. The molecule has 2 aromatic rings. The Balaban J connectivity index is 2.32. The van der Waals surface area contributed by atoms with Crippen molar-refractivity contribution < 1.29 is 0 Å². The fraction of sp³-hybridized carbons (Fsp3) is 0. The Morgan fingerprint density at radius 1 is 0.929 bits per heavy atom. The number of nitrogens with zero attached hydrogens (tertiary/aromatic N) is 2. The maximum Gasteiger partial charge on any atom is 0.285 e. The molecule has 0 atom stereocenters. The van der Waals surface area contributed by atoms with Crippen LogP contribution in [0.4, 0.5) is 0 Å². The van der Waals surface area contributed by atoms with Gasteiger partial charge in [-0.25, -0.2) is 0 Å². The van der Waals surface area contributed by atoms with Crippen LogP contribution in [-0.4, -0.2) is 17.5 Å². The Kier molecular flexibility index (Phi) is 2.37. The molecule has 2 rings (SSSR count). The zero-order valence-electron chi connectivity index (χ0n) is 6.68. The van der Waals surface area contributed by atoms with Gasteiger partial charge in [0.05, 0.1) is 0 Å². The highest BCUT2D eigenvalue weighted by Gasteiger charge is 2.00. The van der Waals surface area contributed by atoms with E-state index in [1.165, 1.54) is 12.2 Å². The summed E-state index contributed by atoms with van der Waals surface area (Å²) in [7, 11) is 0. The highest BCUT2D eigenvalue weighted by Crippen LogP contribution is 1.97. The molecule has 2 aromatic heterocycles. The van der Waals surface area contributed by atoms with Gasteiger partial charge in [-0.3, -0.25) is 18.3 Å². The summed E-state index contributed by atoms with van der Waals surface area (Å²) in [4.78, 5) is 22.0. The summed E-state index contributed by atoms with van der Waals surface area (Å²) < 4.78 is 12.5. The van der Waals surface area contributed by atoms with E-state index in [1.54, 1.807) is 0 Å². The first-order valence-corrected chi connectivity index (χ1v) is 5.09. The minimum Gasteiger partial charge on any atom is -0.266 e. The van der Waals surface area contributed by atoms with Crippen molar-refractivity contribution in [2.75, 3.05) is 0 Å². The fourth-order valence-corrected chi connectivity index (χ4v) is 1.73. The molecule has 8 heteroatoms. The van der Waals surface area contributed by atoms with E-state index in [1.807, 2.05) is 0 Å². The average molecular weight is 228 g/mol. The van der Waals surface area contributed by atoms with E-state index in [2.05, 4.69) is 17.5 Å². The van der Waals surface area contributed by atoms with Gasteiger partial charge in [0.15, 0.2) is 0 Å². The maximum atomic E-state index is 11.0. The molecule has 0 aliphatic heterocycles. The summed E-state index contributed by atoms with van der Waals surface area (Å²) in [6.45, 7) is 0. The Morgan fingerprint density at radius 3 is 1.64 bits per heavy atom. The van der Waals surface area contributed by atoms with Crippen molar-refractivity contribution in [3.05, 3.63) is 32.1 Å². The zero-order chi connectivity index (χ0) is 9.97. The standard InChI is InChI=1S/C6H4N4O2S2/c11-5-3(7-13-9-5)1-2-4-6(12)10-14-8-4/h1-2H,(H,9,11)(H,10,12)/b2-1+. The largest absolute Gasteiger partial charge is 0.285 e. The molecular formula is C6H4N4O2S2. The molecule has 2 N–H and O–H groups in total. The summed E-state index contributed by atoms with van der Waals surface area (Å²) in [5, 5.41) is 0. The van der Waals surface area contributed by atoms with E-state index in [-0.39, 0.29) is 22.5 Å². The van der Waals surface area contributed by atoms with Crippen LogP contribution in [0.25, 0.3) is 12.2 Å². The Bertz CT molecular complexity index is 510. The van der Waals surface area contributed by atoms with Crippen molar-refractivity contribution in [3.63, 3.8) is 0 Å². The maximum absolute atomic E-state index is 11.0. The van der Waals surface area contributed by atoms with Crippen molar-refractivity contribution in [2.45, 2.75) is 0 Å². The topological polar surface area (TPSA) is 91.5 Å². The van der Waals surface area contributed by atoms with E-state index < -0.39 is 0 Å². The molecule has 0 radical (unpaired) electrons. The number of aromatic nitrogens is 4. The molecule has 0 fully saturated rings. The van der Waals surface area contributed by atoms with Gasteiger partial charge in [0.1, 0.15) is 11.4 Å². The van der Waals surface area contributed by atoms with Gasteiger partial charge in [0.25, 0.3) is 11.1 Å². The molecule has 14 heavy (non-hydrogen) atoms. The number of hydrogen-bond acceptors (Lipinski definition) is 6. The van der Waals surface area contributed by atoms with Crippen molar-refractivity contribution in [2.24, 2.45) is 0 Å². The molecular weight excluding hydrogens is 224 g/mol. The Hall–Kier alpha value is -1.54. The second kappa shape index (κ2) is 3.68. The van der Waals surface area contributed by atoms with Crippen molar-refractivity contribution in [3.8, 4) is 0 Å². The second-order valence-corrected chi connectivity index (χ2v) is 3.47. The second-order valence-electron chi connectivity index (χ2n) is 2.33. The summed E-state index contributed by atoms with van der Waals surface area (Å²) in [5.41, 5.74) is 0.0283. The third kappa shape index (κ3) is 1.70. The van der Waals surface area contributed by atoms with Crippen LogP contribution in [0.3, 0.4) is 0 Å². The number of rotatable bonds is 2.